The number of H-pyrrole nitrogens is 1. The number of nitrogens with zero attached hydrogens (tertiary/aromatic N) is 6. The molecule has 0 aliphatic rings. The maximum absolute atomic E-state index is 13.3. The molecule has 0 aliphatic heterocycles. The predicted octanol–water partition coefficient (Wildman–Crippen LogP) is 6.42. The summed E-state index contributed by atoms with van der Waals surface area (Å²) in [5.74, 6) is 1.49. The van der Waals surface area contributed by atoms with Crippen LogP contribution in [0.2, 0.25) is 0 Å². The number of unbranched alkanes of at least 4 members (excludes halogenated alkanes) is 8. The zero-order valence-electron chi connectivity index (χ0n) is 22.9. The molecule has 2 heterocycles. The molecule has 0 amide bonds. The van der Waals surface area contributed by atoms with Crippen LogP contribution in [0.3, 0.4) is 0 Å². The molecule has 2 aromatic carbocycles. The fraction of sp³-hybridized carbons (Fsp3) is 0.500. The fourth-order valence-corrected chi connectivity index (χ4v) is 4.83. The molecule has 202 valence electrons. The first kappa shape index (κ1) is 27.5. The van der Waals surface area contributed by atoms with Crippen molar-refractivity contribution in [1.82, 2.24) is 35.0 Å². The van der Waals surface area contributed by atoms with Gasteiger partial charge in [-0.15, -0.1) is 10.2 Å². The molecule has 2 aromatic heterocycles. The van der Waals surface area contributed by atoms with Crippen molar-refractivity contribution < 1.29 is 0 Å². The van der Waals surface area contributed by atoms with Gasteiger partial charge >= 0.3 is 5.69 Å². The van der Waals surface area contributed by atoms with Crippen LogP contribution in [0.4, 0.5) is 0 Å². The summed E-state index contributed by atoms with van der Waals surface area (Å²) in [5.41, 5.74) is 4.21. The zero-order chi connectivity index (χ0) is 26.6. The molecule has 0 fully saturated rings. The highest BCUT2D eigenvalue weighted by molar-refractivity contribution is 5.70. The van der Waals surface area contributed by atoms with Gasteiger partial charge in [0.15, 0.2) is 0 Å². The number of hydrogen-bond donors (Lipinski definition) is 1. The fourth-order valence-electron chi connectivity index (χ4n) is 4.83. The third kappa shape index (κ3) is 7.49. The van der Waals surface area contributed by atoms with Crippen LogP contribution in [0.15, 0.2) is 53.3 Å². The molecule has 0 radical (unpaired) electrons. The molecule has 38 heavy (non-hydrogen) atoms. The molecular formula is C30H41N7O. The largest absolute Gasteiger partial charge is 0.346 e. The van der Waals surface area contributed by atoms with Crippen molar-refractivity contribution in [2.75, 3.05) is 0 Å². The van der Waals surface area contributed by atoms with E-state index in [1.54, 1.807) is 4.68 Å². The predicted molar refractivity (Wildman–Crippen MR) is 152 cm³/mol. The number of hydrogen-bond acceptors (Lipinski definition) is 5. The van der Waals surface area contributed by atoms with Crippen molar-refractivity contribution in [2.24, 2.45) is 0 Å². The lowest BCUT2D eigenvalue weighted by atomic mass is 10.0. The first-order valence-electron chi connectivity index (χ1n) is 14.3. The van der Waals surface area contributed by atoms with Crippen LogP contribution < -0.4 is 5.69 Å². The van der Waals surface area contributed by atoms with Gasteiger partial charge in [-0.3, -0.25) is 4.57 Å². The van der Waals surface area contributed by atoms with E-state index in [2.05, 4.69) is 70.9 Å². The normalized spacial score (nSPS) is 11.3. The third-order valence-electron chi connectivity index (χ3n) is 7.07. The van der Waals surface area contributed by atoms with Gasteiger partial charge in [-0.2, -0.15) is 10.3 Å². The maximum atomic E-state index is 13.3. The van der Waals surface area contributed by atoms with Crippen molar-refractivity contribution >= 4 is 0 Å². The van der Waals surface area contributed by atoms with E-state index in [1.807, 2.05) is 16.7 Å². The van der Waals surface area contributed by atoms with Crippen LogP contribution in [0.5, 0.6) is 0 Å². The minimum absolute atomic E-state index is 0.0148. The van der Waals surface area contributed by atoms with E-state index in [0.29, 0.717) is 18.9 Å². The van der Waals surface area contributed by atoms with E-state index in [0.717, 1.165) is 53.8 Å². The van der Waals surface area contributed by atoms with Gasteiger partial charge in [0.05, 0.1) is 6.54 Å². The summed E-state index contributed by atoms with van der Waals surface area (Å²) < 4.78 is 3.59. The van der Waals surface area contributed by atoms with E-state index < -0.39 is 0 Å². The van der Waals surface area contributed by atoms with Crippen molar-refractivity contribution in [2.45, 2.75) is 97.6 Å². The Morgan fingerprint density at radius 2 is 1.50 bits per heavy atom. The number of rotatable bonds is 16. The molecule has 0 aliphatic carbocycles. The smallest absolute Gasteiger partial charge is 0.274 e. The standard InChI is InChI=1S/C30H41N7O/c1-3-5-7-9-11-16-28-33-37(21-12-10-8-6-4-2)30(38)36(28)23-24-17-19-25(20-18-24)26-14-13-15-27(22-26)29-31-34-35-32-29/h13-15,17-20,22H,3-12,16,21,23H2,1-2H3,(H,31,32,34,35). The highest BCUT2D eigenvalue weighted by Gasteiger charge is 2.14. The van der Waals surface area contributed by atoms with E-state index >= 15 is 0 Å². The van der Waals surface area contributed by atoms with Gasteiger partial charge in [0.1, 0.15) is 5.82 Å². The second-order valence-corrected chi connectivity index (χ2v) is 10.1. The Balaban J connectivity index is 1.47. The molecule has 0 unspecified atom stereocenters. The number of aryl methyl sites for hydroxylation is 2. The average molecular weight is 516 g/mol. The molecule has 4 aromatic rings. The molecule has 8 heteroatoms. The van der Waals surface area contributed by atoms with Gasteiger partial charge in [0.2, 0.25) is 5.82 Å². The van der Waals surface area contributed by atoms with Crippen LogP contribution in [-0.4, -0.2) is 35.0 Å². The maximum Gasteiger partial charge on any atom is 0.346 e. The Kier molecular flexibility index (Phi) is 10.4. The van der Waals surface area contributed by atoms with Gasteiger partial charge in [0, 0.05) is 18.5 Å². The lowest BCUT2D eigenvalue weighted by molar-refractivity contribution is 0.514. The van der Waals surface area contributed by atoms with E-state index in [9.17, 15) is 4.79 Å². The Bertz CT molecular complexity index is 1290. The molecule has 0 atom stereocenters. The summed E-state index contributed by atoms with van der Waals surface area (Å²) in [6.45, 7) is 5.70. The number of tetrazole rings is 1. The molecule has 8 nitrogen and oxygen atoms in total. The highest BCUT2D eigenvalue weighted by atomic mass is 16.2. The Labute approximate surface area is 225 Å². The van der Waals surface area contributed by atoms with E-state index in [-0.39, 0.29) is 5.69 Å². The van der Waals surface area contributed by atoms with Crippen molar-refractivity contribution in [3.63, 3.8) is 0 Å². The van der Waals surface area contributed by atoms with Gasteiger partial charge in [0.25, 0.3) is 0 Å². The number of aromatic nitrogens is 7. The van der Waals surface area contributed by atoms with Crippen molar-refractivity contribution in [3.05, 3.63) is 70.4 Å². The molecular weight excluding hydrogens is 474 g/mol. The van der Waals surface area contributed by atoms with Crippen molar-refractivity contribution in [1.29, 1.82) is 0 Å². The van der Waals surface area contributed by atoms with E-state index in [1.165, 1.54) is 44.9 Å². The topological polar surface area (TPSA) is 94.3 Å². The van der Waals surface area contributed by atoms with Gasteiger partial charge in [-0.05, 0) is 40.8 Å². The quantitative estimate of drug-likeness (QED) is 0.174. The third-order valence-corrected chi connectivity index (χ3v) is 7.07. The Morgan fingerprint density at radius 1 is 0.789 bits per heavy atom. The first-order chi connectivity index (χ1) is 18.7. The van der Waals surface area contributed by atoms with Gasteiger partial charge in [-0.1, -0.05) is 108 Å². The first-order valence-corrected chi connectivity index (χ1v) is 14.3. The second kappa shape index (κ2) is 14.4. The minimum atomic E-state index is 0.0148. The zero-order valence-corrected chi connectivity index (χ0v) is 22.9. The number of benzene rings is 2. The van der Waals surface area contributed by atoms with E-state index in [4.69, 9.17) is 5.10 Å². The van der Waals surface area contributed by atoms with Crippen LogP contribution >= 0.6 is 0 Å². The lowest BCUT2D eigenvalue weighted by Crippen LogP contribution is -2.26. The summed E-state index contributed by atoms with van der Waals surface area (Å²) in [4.78, 5) is 13.3. The minimum Gasteiger partial charge on any atom is -0.274 e. The number of nitrogens with one attached hydrogen (secondary N) is 1. The Hall–Kier alpha value is -3.55. The molecule has 0 saturated heterocycles. The summed E-state index contributed by atoms with van der Waals surface area (Å²) in [7, 11) is 0. The Morgan fingerprint density at radius 3 is 2.21 bits per heavy atom. The molecule has 0 saturated carbocycles. The summed E-state index contributed by atoms with van der Waals surface area (Å²) in [5, 5.41) is 19.1. The highest BCUT2D eigenvalue weighted by Crippen LogP contribution is 2.24. The van der Waals surface area contributed by atoms with Crippen LogP contribution in [0.1, 0.15) is 89.4 Å². The van der Waals surface area contributed by atoms with Gasteiger partial charge in [-0.25, -0.2) is 9.48 Å². The second-order valence-electron chi connectivity index (χ2n) is 10.1. The van der Waals surface area contributed by atoms with Crippen LogP contribution in [0.25, 0.3) is 22.5 Å². The average Bonchev–Trinajstić information content (AvgIpc) is 3.59. The molecule has 0 spiro atoms. The monoisotopic (exact) mass is 515 g/mol. The summed E-state index contributed by atoms with van der Waals surface area (Å²) in [6, 6.07) is 16.5. The molecule has 1 N–H and O–H groups in total. The molecule has 4 rings (SSSR count). The molecule has 0 bridgehead atoms. The SMILES string of the molecule is CCCCCCCc1nn(CCCCCCC)c(=O)n1Cc1ccc(-c2cccc(-c3nn[nH]n3)c2)cc1. The van der Waals surface area contributed by atoms with Gasteiger partial charge < -0.3 is 0 Å². The van der Waals surface area contributed by atoms with Crippen LogP contribution in [0, 0.1) is 0 Å². The lowest BCUT2D eigenvalue weighted by Gasteiger charge is -2.08. The summed E-state index contributed by atoms with van der Waals surface area (Å²) in [6.07, 6.45) is 12.7. The number of aromatic amines is 1. The van der Waals surface area contributed by atoms with Crippen LogP contribution in [-0.2, 0) is 19.5 Å². The van der Waals surface area contributed by atoms with Crippen molar-refractivity contribution in [3.8, 4) is 22.5 Å². The summed E-state index contributed by atoms with van der Waals surface area (Å²) >= 11 is 0.